The topological polar surface area (TPSA) is 112 Å². The van der Waals surface area contributed by atoms with E-state index in [9.17, 15) is 18.0 Å². The number of benzene rings is 1. The molecule has 1 aliphatic heterocycles. The predicted molar refractivity (Wildman–Crippen MR) is 104 cm³/mol. The number of sulfone groups is 1. The van der Waals surface area contributed by atoms with E-state index >= 15 is 0 Å². The molecule has 152 valence electrons. The highest BCUT2D eigenvalue weighted by Crippen LogP contribution is 2.33. The van der Waals surface area contributed by atoms with Crippen LogP contribution in [0.2, 0.25) is 0 Å². The van der Waals surface area contributed by atoms with Crippen molar-refractivity contribution < 1.29 is 27.1 Å². The van der Waals surface area contributed by atoms with Gasteiger partial charge in [0.1, 0.15) is 17.1 Å². The van der Waals surface area contributed by atoms with Crippen LogP contribution in [0.15, 0.2) is 21.3 Å². The van der Waals surface area contributed by atoms with Crippen molar-refractivity contribution in [3.8, 4) is 11.5 Å². The summed E-state index contributed by atoms with van der Waals surface area (Å²) in [6, 6.07) is 3.25. The minimum Gasteiger partial charge on any atom is -0.496 e. The Balaban J connectivity index is 1.95. The van der Waals surface area contributed by atoms with Gasteiger partial charge in [-0.2, -0.15) is 0 Å². The van der Waals surface area contributed by atoms with E-state index < -0.39 is 26.9 Å². The van der Waals surface area contributed by atoms with Crippen LogP contribution in [0.3, 0.4) is 0 Å². The number of hydrogen-bond donors (Lipinski definition) is 1. The zero-order chi connectivity index (χ0) is 20.7. The van der Waals surface area contributed by atoms with Gasteiger partial charge in [-0.3, -0.25) is 4.79 Å². The van der Waals surface area contributed by atoms with E-state index in [1.54, 1.807) is 26.0 Å². The number of hydrogen-bond acceptors (Lipinski definition) is 7. The third kappa shape index (κ3) is 3.84. The van der Waals surface area contributed by atoms with E-state index in [0.29, 0.717) is 34.5 Å². The van der Waals surface area contributed by atoms with Crippen LogP contribution >= 0.6 is 0 Å². The Labute approximate surface area is 162 Å². The van der Waals surface area contributed by atoms with Crippen LogP contribution in [0.5, 0.6) is 11.5 Å². The molecular weight excluding hydrogens is 386 g/mol. The monoisotopic (exact) mass is 409 g/mol. The smallest absolute Gasteiger partial charge is 0.340 e. The summed E-state index contributed by atoms with van der Waals surface area (Å²) in [6.45, 7) is 3.42. The van der Waals surface area contributed by atoms with Gasteiger partial charge in [0.15, 0.2) is 9.84 Å². The van der Waals surface area contributed by atoms with Crippen molar-refractivity contribution in [3.63, 3.8) is 0 Å². The minimum absolute atomic E-state index is 0.0416. The van der Waals surface area contributed by atoms with E-state index in [1.165, 1.54) is 14.2 Å². The lowest BCUT2D eigenvalue weighted by Crippen LogP contribution is -2.47. The molecule has 1 aromatic carbocycles. The summed E-state index contributed by atoms with van der Waals surface area (Å²) >= 11 is 0. The molecule has 1 fully saturated rings. The molecule has 1 atom stereocenters. The maximum atomic E-state index is 12.5. The SMILES string of the molecule is COc1cc(OC)c2c(C)c(CC(=O)N[C@]3(C)CCS(=O)(=O)C3)c(=O)oc2c1. The summed E-state index contributed by atoms with van der Waals surface area (Å²) in [5.74, 6) is 0.450. The van der Waals surface area contributed by atoms with Crippen LogP contribution in [-0.4, -0.2) is 45.6 Å². The number of methoxy groups -OCH3 is 2. The summed E-state index contributed by atoms with van der Waals surface area (Å²) in [5, 5.41) is 3.34. The van der Waals surface area contributed by atoms with Crippen molar-refractivity contribution in [2.24, 2.45) is 0 Å². The number of fused-ring (bicyclic) bond motifs is 1. The first kappa shape index (κ1) is 20.2. The van der Waals surface area contributed by atoms with E-state index in [1.807, 2.05) is 0 Å². The molecule has 0 unspecified atom stereocenters. The van der Waals surface area contributed by atoms with Gasteiger partial charge < -0.3 is 19.2 Å². The van der Waals surface area contributed by atoms with Crippen molar-refractivity contribution in [1.82, 2.24) is 5.32 Å². The van der Waals surface area contributed by atoms with Crippen molar-refractivity contribution >= 4 is 26.7 Å². The van der Waals surface area contributed by atoms with Crippen LogP contribution in [0.25, 0.3) is 11.0 Å². The Morgan fingerprint density at radius 3 is 2.57 bits per heavy atom. The molecule has 0 radical (unpaired) electrons. The van der Waals surface area contributed by atoms with E-state index in [0.717, 1.165) is 0 Å². The number of carbonyl (C=O) groups excluding carboxylic acids is 1. The maximum Gasteiger partial charge on any atom is 0.340 e. The van der Waals surface area contributed by atoms with E-state index in [4.69, 9.17) is 13.9 Å². The van der Waals surface area contributed by atoms with Crippen molar-refractivity contribution in [2.75, 3.05) is 25.7 Å². The van der Waals surface area contributed by atoms with Crippen LogP contribution in [0, 0.1) is 6.92 Å². The lowest BCUT2D eigenvalue weighted by molar-refractivity contribution is -0.122. The van der Waals surface area contributed by atoms with Gasteiger partial charge in [-0.05, 0) is 25.8 Å². The molecule has 28 heavy (non-hydrogen) atoms. The third-order valence-corrected chi connectivity index (χ3v) is 6.96. The van der Waals surface area contributed by atoms with Gasteiger partial charge in [0.2, 0.25) is 5.91 Å². The fourth-order valence-corrected chi connectivity index (χ4v) is 5.71. The molecule has 3 rings (SSSR count). The van der Waals surface area contributed by atoms with Crippen LogP contribution in [-0.2, 0) is 21.1 Å². The molecule has 2 aromatic rings. The molecule has 0 bridgehead atoms. The first-order valence-corrected chi connectivity index (χ1v) is 10.6. The second-order valence-electron chi connectivity index (χ2n) is 7.32. The molecule has 1 aliphatic rings. The van der Waals surface area contributed by atoms with E-state index in [-0.39, 0.29) is 23.5 Å². The lowest BCUT2D eigenvalue weighted by atomic mass is 9.99. The molecule has 1 saturated heterocycles. The normalized spacial score (nSPS) is 20.9. The molecular formula is C19H23NO7S. The van der Waals surface area contributed by atoms with Gasteiger partial charge in [-0.15, -0.1) is 0 Å². The average Bonchev–Trinajstić information content (AvgIpc) is 2.89. The Kier molecular flexibility index (Phi) is 5.14. The van der Waals surface area contributed by atoms with Crippen molar-refractivity contribution in [2.45, 2.75) is 32.2 Å². The minimum atomic E-state index is -3.16. The fourth-order valence-electron chi connectivity index (χ4n) is 3.62. The van der Waals surface area contributed by atoms with Gasteiger partial charge in [-0.25, -0.2) is 13.2 Å². The second kappa shape index (κ2) is 7.12. The molecule has 0 saturated carbocycles. The fraction of sp³-hybridized carbons (Fsp3) is 0.474. The Morgan fingerprint density at radius 2 is 2.00 bits per heavy atom. The molecule has 1 amide bonds. The quantitative estimate of drug-likeness (QED) is 0.742. The number of nitrogens with one attached hydrogen (secondary N) is 1. The van der Waals surface area contributed by atoms with Crippen molar-refractivity contribution in [3.05, 3.63) is 33.7 Å². The lowest BCUT2D eigenvalue weighted by Gasteiger charge is -2.24. The highest BCUT2D eigenvalue weighted by molar-refractivity contribution is 7.91. The number of ether oxygens (including phenoxy) is 2. The Bertz CT molecular complexity index is 1100. The molecule has 2 heterocycles. The number of amides is 1. The van der Waals surface area contributed by atoms with Crippen LogP contribution in [0.4, 0.5) is 0 Å². The summed E-state index contributed by atoms with van der Waals surface area (Å²) in [6.07, 6.45) is 0.134. The zero-order valence-corrected chi connectivity index (χ0v) is 17.1. The maximum absolute atomic E-state index is 12.5. The predicted octanol–water partition coefficient (Wildman–Crippen LogP) is 1.35. The largest absolute Gasteiger partial charge is 0.496 e. The van der Waals surface area contributed by atoms with E-state index in [2.05, 4.69) is 5.32 Å². The third-order valence-electron chi connectivity index (χ3n) is 5.05. The van der Waals surface area contributed by atoms with Gasteiger partial charge in [0, 0.05) is 12.1 Å². The number of rotatable bonds is 5. The van der Waals surface area contributed by atoms with Crippen LogP contribution < -0.4 is 20.4 Å². The first-order chi connectivity index (χ1) is 13.1. The van der Waals surface area contributed by atoms with Gasteiger partial charge in [0.05, 0.1) is 48.6 Å². The zero-order valence-electron chi connectivity index (χ0n) is 16.2. The first-order valence-electron chi connectivity index (χ1n) is 8.77. The molecule has 0 aliphatic carbocycles. The van der Waals surface area contributed by atoms with Crippen molar-refractivity contribution in [1.29, 1.82) is 0 Å². The van der Waals surface area contributed by atoms with Gasteiger partial charge in [-0.1, -0.05) is 0 Å². The number of aryl methyl sites for hydroxylation is 1. The highest BCUT2D eigenvalue weighted by Gasteiger charge is 2.39. The summed E-state index contributed by atoms with van der Waals surface area (Å²) in [5.41, 5.74) is -0.370. The molecule has 9 heteroatoms. The Hall–Kier alpha value is -2.55. The van der Waals surface area contributed by atoms with Gasteiger partial charge >= 0.3 is 5.63 Å². The molecule has 8 nitrogen and oxygen atoms in total. The molecule has 1 N–H and O–H groups in total. The average molecular weight is 409 g/mol. The number of carbonyl (C=O) groups is 1. The van der Waals surface area contributed by atoms with Crippen LogP contribution in [0.1, 0.15) is 24.5 Å². The van der Waals surface area contributed by atoms with Gasteiger partial charge in [0.25, 0.3) is 0 Å². The molecule has 1 aromatic heterocycles. The summed E-state index contributed by atoms with van der Waals surface area (Å²) < 4.78 is 39.4. The highest BCUT2D eigenvalue weighted by atomic mass is 32.2. The summed E-state index contributed by atoms with van der Waals surface area (Å²) in [4.78, 5) is 25.0. The summed E-state index contributed by atoms with van der Waals surface area (Å²) in [7, 11) is -0.170. The standard InChI is InChI=1S/C19H23NO7S/c1-11-13(9-16(21)20-19(2)5-6-28(23,24)10-19)18(22)27-15-8-12(25-3)7-14(26-4)17(11)15/h7-8H,5-6,9-10H2,1-4H3,(H,20,21)/t19-/m1/s1. The second-order valence-corrected chi connectivity index (χ2v) is 9.51. The molecule has 0 spiro atoms. The Morgan fingerprint density at radius 1 is 1.29 bits per heavy atom.